The van der Waals surface area contributed by atoms with Crippen LogP contribution in [0.15, 0.2) is 65.5 Å². The van der Waals surface area contributed by atoms with Gasteiger partial charge in [-0.05, 0) is 111 Å². The van der Waals surface area contributed by atoms with Gasteiger partial charge in [-0.1, -0.05) is 72.7 Å². The molecule has 2 aromatic heterocycles. The predicted molar refractivity (Wildman–Crippen MR) is 207 cm³/mol. The molecule has 0 bridgehead atoms. The Balaban J connectivity index is 1.52. The average Bonchev–Trinajstić information content (AvgIpc) is 3.11. The Bertz CT molecular complexity index is 2790. The van der Waals surface area contributed by atoms with Crippen LogP contribution in [-0.2, 0) is 5.41 Å². The van der Waals surface area contributed by atoms with Crippen LogP contribution in [-0.4, -0.2) is 32.3 Å². The molecule has 0 saturated heterocycles. The van der Waals surface area contributed by atoms with Crippen molar-refractivity contribution in [3.63, 3.8) is 0 Å². The summed E-state index contributed by atoms with van der Waals surface area (Å²) in [6, 6.07) is 20.7. The lowest BCUT2D eigenvalue weighted by molar-refractivity contribution is 0.0530. The molecule has 0 atom stereocenters. The van der Waals surface area contributed by atoms with E-state index in [0.29, 0.717) is 29.4 Å². The molecular formula is C44H41N3O3. The largest absolute Gasteiger partial charge is 0.289 e. The second-order valence-corrected chi connectivity index (χ2v) is 15.3. The van der Waals surface area contributed by atoms with Crippen LogP contribution in [0.4, 0.5) is 0 Å². The van der Waals surface area contributed by atoms with Gasteiger partial charge in [0.1, 0.15) is 5.65 Å². The Morgan fingerprint density at radius 1 is 0.560 bits per heavy atom. The van der Waals surface area contributed by atoms with E-state index >= 15 is 0 Å². The Labute approximate surface area is 290 Å². The zero-order chi connectivity index (χ0) is 35.0. The first-order valence-electron chi connectivity index (χ1n) is 18.2. The summed E-state index contributed by atoms with van der Waals surface area (Å²) in [5.74, 6) is -0.440. The third kappa shape index (κ3) is 3.79. The highest BCUT2D eigenvalue weighted by atomic mass is 16.2. The topological polar surface area (TPSA) is 72.3 Å². The van der Waals surface area contributed by atoms with Crippen molar-refractivity contribution in [2.75, 3.05) is 0 Å². The van der Waals surface area contributed by atoms with Gasteiger partial charge in [-0.3, -0.25) is 23.9 Å². The van der Waals surface area contributed by atoms with E-state index in [2.05, 4.69) is 71.0 Å². The number of carbonyl (C=O) groups is 2. The number of nitrogens with zero attached hydrogens (tertiary/aromatic N) is 3. The molecular weight excluding hydrogens is 619 g/mol. The molecule has 6 nitrogen and oxygen atoms in total. The maximum atomic E-state index is 14.6. The average molecular weight is 660 g/mol. The first-order chi connectivity index (χ1) is 24.0. The number of amides is 2. The normalized spacial score (nSPS) is 14.3. The van der Waals surface area contributed by atoms with Crippen molar-refractivity contribution < 1.29 is 9.59 Å². The van der Waals surface area contributed by atoms with E-state index in [-0.39, 0.29) is 34.9 Å². The Kier molecular flexibility index (Phi) is 6.47. The van der Waals surface area contributed by atoms with E-state index in [1.807, 2.05) is 42.7 Å². The molecule has 8 aromatic rings. The second kappa shape index (κ2) is 10.5. The highest BCUT2D eigenvalue weighted by Crippen LogP contribution is 2.48. The summed E-state index contributed by atoms with van der Waals surface area (Å²) in [7, 11) is 0. The van der Waals surface area contributed by atoms with Crippen LogP contribution in [0.5, 0.6) is 0 Å². The number of aromatic nitrogens is 2. The number of carbonyl (C=O) groups excluding carboxylic acids is 2. The fourth-order valence-electron chi connectivity index (χ4n) is 9.14. The third-order valence-electron chi connectivity index (χ3n) is 11.8. The number of pyridine rings is 2. The number of rotatable bonds is 6. The molecule has 0 unspecified atom stereocenters. The van der Waals surface area contributed by atoms with Crippen molar-refractivity contribution in [1.29, 1.82) is 0 Å². The number of benzene rings is 6. The van der Waals surface area contributed by atoms with Crippen LogP contribution < -0.4 is 5.56 Å². The molecule has 3 heterocycles. The molecule has 2 amide bonds. The Morgan fingerprint density at radius 3 is 1.70 bits per heavy atom. The van der Waals surface area contributed by atoms with E-state index in [0.717, 1.165) is 83.3 Å². The summed E-state index contributed by atoms with van der Waals surface area (Å²) >= 11 is 0. The predicted octanol–water partition coefficient (Wildman–Crippen LogP) is 10.6. The lowest BCUT2D eigenvalue weighted by atomic mass is 9.82. The molecule has 0 fully saturated rings. The minimum absolute atomic E-state index is 0.0110. The minimum Gasteiger partial charge on any atom is -0.289 e. The van der Waals surface area contributed by atoms with Gasteiger partial charge >= 0.3 is 0 Å². The summed E-state index contributed by atoms with van der Waals surface area (Å²) in [5, 5.41) is 11.5. The lowest BCUT2D eigenvalue weighted by Crippen LogP contribution is -2.46. The highest BCUT2D eigenvalue weighted by Gasteiger charge is 2.37. The van der Waals surface area contributed by atoms with E-state index in [9.17, 15) is 14.4 Å². The van der Waals surface area contributed by atoms with Crippen LogP contribution in [0, 0.1) is 0 Å². The summed E-state index contributed by atoms with van der Waals surface area (Å²) in [6.45, 7) is 15.0. The molecule has 6 heteroatoms. The smallest absolute Gasteiger partial charge is 0.261 e. The van der Waals surface area contributed by atoms with Crippen LogP contribution >= 0.6 is 0 Å². The molecule has 0 aliphatic carbocycles. The minimum atomic E-state index is -0.220. The first kappa shape index (κ1) is 30.9. The van der Waals surface area contributed by atoms with E-state index in [1.54, 1.807) is 0 Å². The fraction of sp³-hybridized carbons (Fsp3) is 0.318. The molecule has 0 radical (unpaired) electrons. The third-order valence-corrected chi connectivity index (χ3v) is 11.8. The Morgan fingerprint density at radius 2 is 1.10 bits per heavy atom. The first-order valence-corrected chi connectivity index (χ1v) is 18.2. The van der Waals surface area contributed by atoms with E-state index in [1.165, 1.54) is 10.5 Å². The number of fused-ring (bicyclic) bond motifs is 4. The van der Waals surface area contributed by atoms with Gasteiger partial charge in [-0.15, -0.1) is 0 Å². The summed E-state index contributed by atoms with van der Waals surface area (Å²) < 4.78 is 1.95. The van der Waals surface area contributed by atoms with Crippen LogP contribution in [0.2, 0.25) is 0 Å². The zero-order valence-electron chi connectivity index (χ0n) is 29.8. The standard InChI is InChI=1S/C44H41N3O3/c1-8-23(9-2)46-40-39-33(31-20-22(44(5,6)7)12-19-34(31)45-40)21-32-27-15-17-29-37-28(42(49)47(43(29)50)24(10-3)11-4)16-13-25(35(27)37)26-14-18-30(41(46)48)38(39)36(26)32/h12-21,23-24H,8-11H2,1-7H3. The van der Waals surface area contributed by atoms with Gasteiger partial charge in [0.2, 0.25) is 0 Å². The quantitative estimate of drug-likeness (QED) is 0.101. The summed E-state index contributed by atoms with van der Waals surface area (Å²) in [5.41, 5.74) is 3.89. The van der Waals surface area contributed by atoms with Crippen LogP contribution in [0.1, 0.15) is 106 Å². The van der Waals surface area contributed by atoms with Gasteiger partial charge in [-0.2, -0.15) is 0 Å². The molecule has 0 spiro atoms. The van der Waals surface area contributed by atoms with E-state index < -0.39 is 0 Å². The molecule has 0 N–H and O–H groups in total. The summed E-state index contributed by atoms with van der Waals surface area (Å²) in [6.07, 6.45) is 3.07. The van der Waals surface area contributed by atoms with E-state index in [4.69, 9.17) is 4.98 Å². The molecule has 50 heavy (non-hydrogen) atoms. The van der Waals surface area contributed by atoms with Crippen LogP contribution in [0.25, 0.3) is 75.8 Å². The molecule has 1 aliphatic heterocycles. The Hall–Kier alpha value is -5.10. The van der Waals surface area contributed by atoms with Gasteiger partial charge in [-0.25, -0.2) is 4.98 Å². The van der Waals surface area contributed by atoms with Crippen molar-refractivity contribution in [1.82, 2.24) is 14.5 Å². The maximum Gasteiger partial charge on any atom is 0.261 e. The number of imide groups is 1. The van der Waals surface area contributed by atoms with Crippen molar-refractivity contribution in [3.05, 3.63) is 87.7 Å². The monoisotopic (exact) mass is 659 g/mol. The molecule has 0 saturated carbocycles. The maximum absolute atomic E-state index is 14.6. The van der Waals surface area contributed by atoms with Crippen molar-refractivity contribution in [2.24, 2.45) is 0 Å². The zero-order valence-corrected chi connectivity index (χ0v) is 29.8. The van der Waals surface area contributed by atoms with Gasteiger partial charge in [0.05, 0.1) is 5.52 Å². The number of hydrogen-bond donors (Lipinski definition) is 0. The van der Waals surface area contributed by atoms with Crippen LogP contribution in [0.3, 0.4) is 0 Å². The van der Waals surface area contributed by atoms with Gasteiger partial charge in [0.25, 0.3) is 17.4 Å². The number of hydrogen-bond acceptors (Lipinski definition) is 4. The second-order valence-electron chi connectivity index (χ2n) is 15.3. The molecule has 1 aliphatic rings. The molecule has 9 rings (SSSR count). The van der Waals surface area contributed by atoms with Crippen molar-refractivity contribution in [3.8, 4) is 0 Å². The molecule has 250 valence electrons. The molecule has 6 aromatic carbocycles. The van der Waals surface area contributed by atoms with Crippen molar-refractivity contribution >= 4 is 87.6 Å². The SMILES string of the molecule is CCC(CC)N1C(=O)c2ccc3c4ccc5c(=O)n(C(CC)CC)c6nc7ccc(C(C)(C)C)cc7c7cc(c8ccc(c2c38)C1=O)c4c5c76. The van der Waals surface area contributed by atoms with Gasteiger partial charge in [0.15, 0.2) is 0 Å². The summed E-state index contributed by atoms with van der Waals surface area (Å²) in [4.78, 5) is 49.6. The highest BCUT2D eigenvalue weighted by molar-refractivity contribution is 6.43. The van der Waals surface area contributed by atoms with Crippen molar-refractivity contribution in [2.45, 2.75) is 91.6 Å². The van der Waals surface area contributed by atoms with Gasteiger partial charge < -0.3 is 0 Å². The fourth-order valence-corrected chi connectivity index (χ4v) is 9.14. The van der Waals surface area contributed by atoms with Gasteiger partial charge in [0, 0.05) is 50.1 Å². The lowest BCUT2D eigenvalue weighted by Gasteiger charge is -2.33.